The topological polar surface area (TPSA) is 191 Å². The van der Waals surface area contributed by atoms with Crippen LogP contribution in [0.4, 0.5) is 0 Å². The van der Waals surface area contributed by atoms with Crippen molar-refractivity contribution in [2.45, 2.75) is 213 Å². The summed E-state index contributed by atoms with van der Waals surface area (Å²) in [6.45, 7) is 6.93. The number of rotatable bonds is 36. The Morgan fingerprint density at radius 1 is 0.106 bits per heavy atom. The van der Waals surface area contributed by atoms with Gasteiger partial charge in [-0.05, 0) is 19.3 Å². The quantitative estimate of drug-likeness (QED) is 0.0306. The van der Waals surface area contributed by atoms with E-state index in [4.69, 9.17) is 13.7 Å². The molecule has 0 amide bonds. The van der Waals surface area contributed by atoms with Gasteiger partial charge >= 0.3 is 2690 Å². The Balaban J connectivity index is -0.00000000204. The summed E-state index contributed by atoms with van der Waals surface area (Å²) in [4.78, 5) is 0. The maximum atomic E-state index is 10.2. The molecule has 0 bridgehead atoms. The molecule has 0 saturated carbocycles. The Hall–Kier alpha value is 89.6. The van der Waals surface area contributed by atoms with Crippen molar-refractivity contribution in [3.63, 3.8) is 0 Å². The molecule has 0 aromatic heterocycles. The Morgan fingerprint density at radius 3 is 0.206 bits per heavy atom. The molecule has 105 heteroatoms. The third-order valence-electron chi connectivity index (χ3n) is 8.19. The molecule has 0 atom stereocenters. The fourth-order valence-electron chi connectivity index (χ4n) is 5.26. The summed E-state index contributed by atoms with van der Waals surface area (Å²) < 4.78 is 99.0. The van der Waals surface area contributed by atoms with Gasteiger partial charge in [0.15, 0.2) is 0 Å². The Bertz CT molecular complexity index is 1010. The van der Waals surface area contributed by atoms with E-state index in [0.717, 1.165) is 38.5 Å². The van der Waals surface area contributed by atoms with Crippen molar-refractivity contribution in [2.75, 3.05) is 19.8 Å². The molecule has 0 rings (SSSR count). The minimum absolute atomic E-state index is 0. The average molecular weight is 2870 g/mol. The molecule has 0 aromatic rings. The molecule has 0 aliphatic carbocycles. The number of hydrogen-bond donors (Lipinski definition) is 3. The van der Waals surface area contributed by atoms with Gasteiger partial charge in [-0.2, -0.15) is 25.3 Å². The van der Waals surface area contributed by atoms with Gasteiger partial charge in [0.1, 0.15) is 0 Å². The zero-order valence-corrected chi connectivity index (χ0v) is 305. The minimum Gasteiger partial charge on any atom is -0.264 e. The van der Waals surface area contributed by atoms with Crippen molar-refractivity contribution < 1.29 is 2710 Å². The Kier molecular flexibility index (Phi) is 2650. The second-order valence-electron chi connectivity index (χ2n) is 13.3. The normalized spacial score (nSPS) is 4.30. The summed E-state index contributed by atoms with van der Waals surface area (Å²) in [6, 6.07) is 0. The van der Waals surface area contributed by atoms with Crippen molar-refractivity contribution >= 4 is 31.2 Å². The zero-order chi connectivity index (χ0) is 39.0. The van der Waals surface area contributed by atoms with Crippen molar-refractivity contribution in [1.29, 1.82) is 0 Å². The summed E-state index contributed by atoms with van der Waals surface area (Å²) in [5.74, 6) is 0. The molecule has 12 nitrogen and oxygen atoms in total. The second kappa shape index (κ2) is 582. The molecular weight excluding hydrogens is 2790 g/mol. The Morgan fingerprint density at radius 2 is 0.156 bits per heavy atom. The van der Waals surface area contributed by atoms with Crippen molar-refractivity contribution in [1.82, 2.24) is 0 Å². The maximum Gasteiger partial charge on any atom is 1.00 e. The summed E-state index contributed by atoms with van der Waals surface area (Å²) in [6.07, 6.45) is 35.6. The van der Waals surface area contributed by atoms with Gasteiger partial charge in [-0.15, -0.1) is 0 Å². The van der Waals surface area contributed by atoms with Crippen LogP contribution < -0.4 is 2660 Å². The van der Waals surface area contributed by atoms with Gasteiger partial charge in [-0.25, -0.2) is 12.5 Å². The predicted octanol–water partition coefficient (Wildman–Crippen LogP) is -258. The minimum atomic E-state index is -4.23. The van der Waals surface area contributed by atoms with Crippen LogP contribution >= 0.6 is 0 Å². The second-order valence-corrected chi connectivity index (χ2v) is 16.6. The Labute approximate surface area is 2870 Å². The molecule has 0 aliphatic heterocycles. The van der Waals surface area contributed by atoms with Crippen molar-refractivity contribution in [2.24, 2.45) is 0 Å². The van der Waals surface area contributed by atoms with Crippen LogP contribution in [0, 0.1) is 0 Å². The average Bonchev–Trinajstić information content (AvgIpc) is 3.04. The molecule has 0 radical (unpaired) electrons. The summed E-state index contributed by atoms with van der Waals surface area (Å²) >= 11 is 0. The van der Waals surface area contributed by atoms with Crippen molar-refractivity contribution in [3.05, 3.63) is 0 Å². The van der Waals surface area contributed by atoms with Crippen LogP contribution in [-0.4, -0.2) is 58.7 Å². The first-order valence-corrected chi connectivity index (χ1v) is 24.1. The molecule has 0 heterocycles. The molecule has 0 aliphatic rings. The van der Waals surface area contributed by atoms with Crippen LogP contribution in [0.15, 0.2) is 0 Å². The van der Waals surface area contributed by atoms with Crippen LogP contribution in [0.25, 0.3) is 0 Å². The van der Waals surface area contributed by atoms with Crippen LogP contribution in [0.1, 0.15) is 213 Å². The van der Waals surface area contributed by atoms with E-state index in [-0.39, 0.29) is 2680 Å². The van der Waals surface area contributed by atoms with Gasteiger partial charge in [-0.1, -0.05) is 194 Å². The molecule has 0 spiro atoms. The van der Waals surface area contributed by atoms with Gasteiger partial charge in [0.25, 0.3) is 0 Å². The third kappa shape index (κ3) is 687. The first kappa shape index (κ1) is 642. The monoisotopic (exact) mass is 2870 g/mol. The molecule has 0 unspecified atom stereocenters. The number of unbranched alkanes of at least 4 members (excludes halogenated alkanes) is 27. The SMILES string of the molecule is CCCCCCCCCCCCOS(=O)(=O)O.CCCCCCCCCCCCOS(=O)(=O)O.CCCCCCCCCCCCOS(=O)(=O)O.[Na+].[Na+].[Na+].[Na+].[Na+].[Na+].[Na+].[Na+].[Na+].[Na+].[Na+].[Na+].[Na+].[Na+].[Na+].[Na+].[Na+].[Na+].[Na+].[Na+].[Na+].[Na+].[Na+].[Na+].[Na+].[Na+].[Na+].[Na+].[Na+].[Na+].[Na+].[Na+].[Na+].[Na+].[Na+].[Na+].[Na+].[Na+].[Na+].[Na+].[Na+].[Na+].[Na+].[Na+].[Na+].[Na+].[Na+].[Na+].[Na+].[Na+].[Na+].[Na+].[Na+].[Na+].[Na+].[Na+].[Na+].[Na+].[Na+].[Na+].[Na+].[Na+].[Na+].[Na+].[Na+].[Na+].[Na+].[Na+].[Na+].[Na+].[Na+].[Na+].[Na+].[Na+].[Na+].[Na+].[Na+].[Na+].[Na+].[Na+].[Na+].[Na+].[Na+].[Na+].[Na+].[Na+].[Na+].[Na+].[Na+].[Na+]. The molecule has 141 heavy (non-hydrogen) atoms. The van der Waals surface area contributed by atoms with Crippen LogP contribution in [0.2, 0.25) is 0 Å². The predicted molar refractivity (Wildman–Crippen MR) is 208 cm³/mol. The molecule has 312 valence electrons. The smallest absolute Gasteiger partial charge is 0.264 e. The summed E-state index contributed by atoms with van der Waals surface area (Å²) in [5, 5.41) is 0. The van der Waals surface area contributed by atoms with Crippen LogP contribution in [0.5, 0.6) is 0 Å². The molecule has 0 aromatic carbocycles. The van der Waals surface area contributed by atoms with Gasteiger partial charge in [-0.3, -0.25) is 13.7 Å². The number of hydrogen-bond acceptors (Lipinski definition) is 9. The van der Waals surface area contributed by atoms with Crippen LogP contribution in [0.3, 0.4) is 0 Å². The van der Waals surface area contributed by atoms with E-state index in [1.807, 2.05) is 0 Å². The van der Waals surface area contributed by atoms with Crippen molar-refractivity contribution in [3.8, 4) is 0 Å². The van der Waals surface area contributed by atoms with Crippen LogP contribution in [-0.2, 0) is 43.7 Å². The van der Waals surface area contributed by atoms with E-state index in [2.05, 4.69) is 33.3 Å². The van der Waals surface area contributed by atoms with E-state index >= 15 is 0 Å². The van der Waals surface area contributed by atoms with E-state index in [1.54, 1.807) is 0 Å². The maximum absolute atomic E-state index is 10.2. The van der Waals surface area contributed by atoms with Gasteiger partial charge in [0.05, 0.1) is 19.8 Å². The van der Waals surface area contributed by atoms with E-state index in [9.17, 15) is 25.3 Å². The van der Waals surface area contributed by atoms with Gasteiger partial charge in [0, 0.05) is 0 Å². The van der Waals surface area contributed by atoms with E-state index < -0.39 is 31.2 Å². The largest absolute Gasteiger partial charge is 1.00 e. The fraction of sp³-hybridized carbons (Fsp3) is 1.00. The van der Waals surface area contributed by atoms with Gasteiger partial charge in [0.2, 0.25) is 0 Å². The zero-order valence-electron chi connectivity index (χ0n) is 123. The summed E-state index contributed by atoms with van der Waals surface area (Å²) in [7, 11) is -12.7. The summed E-state index contributed by atoms with van der Waals surface area (Å²) in [5.41, 5.74) is 0. The van der Waals surface area contributed by atoms with E-state index in [0.29, 0.717) is 19.3 Å². The standard InChI is InChI=1S/3C12H26O4S.90Na/c3*1-2-3-4-5-6-7-8-9-10-11-12-16-17(13,14)15;;;;;;;;;;;;;;;;;;;;;;;;;;;;;;;;;;;;;;;;;;;;;;;;;;;;;;;;;;;;;;;;;;;;;;;;;;;;;;;;;;;;;;;;;;/h3*2-12H2,1H3,(H,13,14,15);;;;;;;;;;;;;;;;;;;;;;;;;;;;;;;;;;;;;;;;;;;;;;;;;;;;;;;;;;;;;;;;;;;;;;;;;;;;;;;;;;;;;;;;;;/q;;;90*+1. The molecule has 3 N–H and O–H groups in total. The third-order valence-corrected chi connectivity index (χ3v) is 9.58. The molecule has 0 saturated heterocycles. The molecule has 0 fully saturated rings. The fourth-order valence-corrected chi connectivity index (χ4v) is 6.25. The first-order chi connectivity index (χ1) is 24.2. The first-order valence-electron chi connectivity index (χ1n) is 20.0. The van der Waals surface area contributed by atoms with E-state index in [1.165, 1.54) is 135 Å². The van der Waals surface area contributed by atoms with Gasteiger partial charge < -0.3 is 0 Å². The molecular formula is C36H78Na90O12S3+90.